The molecule has 1 fully saturated rings. The van der Waals surface area contributed by atoms with Crippen molar-refractivity contribution in [3.05, 3.63) is 101 Å². The summed E-state index contributed by atoms with van der Waals surface area (Å²) in [5, 5.41) is 3.78. The van der Waals surface area contributed by atoms with Crippen LogP contribution in [0.2, 0.25) is 5.02 Å². The maximum atomic E-state index is 12.3. The van der Waals surface area contributed by atoms with Gasteiger partial charge in [0.1, 0.15) is 0 Å². The van der Waals surface area contributed by atoms with Gasteiger partial charge in [-0.2, -0.15) is 0 Å². The maximum absolute atomic E-state index is 12.3. The van der Waals surface area contributed by atoms with E-state index in [9.17, 15) is 4.79 Å². The van der Waals surface area contributed by atoms with E-state index < -0.39 is 0 Å². The van der Waals surface area contributed by atoms with Gasteiger partial charge < -0.3 is 10.2 Å². The van der Waals surface area contributed by atoms with Crippen LogP contribution < -0.4 is 10.2 Å². The van der Waals surface area contributed by atoms with E-state index in [1.807, 2.05) is 48.5 Å². The first-order valence-corrected chi connectivity index (χ1v) is 12.3. The Balaban J connectivity index is 1.26. The summed E-state index contributed by atoms with van der Waals surface area (Å²) < 4.78 is 0. The van der Waals surface area contributed by atoms with Crippen molar-refractivity contribution in [2.24, 2.45) is 0 Å². The van der Waals surface area contributed by atoms with Crippen LogP contribution in [0, 0.1) is 0 Å². The van der Waals surface area contributed by atoms with Gasteiger partial charge in [0.15, 0.2) is 0 Å². The monoisotopic (exact) mass is 473 g/mol. The van der Waals surface area contributed by atoms with Gasteiger partial charge in [-0.05, 0) is 59.0 Å². The van der Waals surface area contributed by atoms with Gasteiger partial charge in [0, 0.05) is 55.2 Å². The molecule has 0 aromatic heterocycles. The lowest BCUT2D eigenvalue weighted by Gasteiger charge is -2.36. The highest BCUT2D eigenvalue weighted by Crippen LogP contribution is 2.22. The first-order valence-electron chi connectivity index (χ1n) is 11.9. The molecule has 4 nitrogen and oxygen atoms in total. The molecule has 1 aliphatic rings. The fourth-order valence-electron chi connectivity index (χ4n) is 4.14. The predicted molar refractivity (Wildman–Crippen MR) is 144 cm³/mol. The smallest absolute Gasteiger partial charge is 0.248 e. The second-order valence-electron chi connectivity index (χ2n) is 9.05. The zero-order valence-corrected chi connectivity index (χ0v) is 20.6. The van der Waals surface area contributed by atoms with Crippen molar-refractivity contribution in [1.82, 2.24) is 4.90 Å². The number of halogens is 1. The molecular weight excluding hydrogens is 442 g/mol. The quantitative estimate of drug-likeness (QED) is 0.401. The van der Waals surface area contributed by atoms with Crippen LogP contribution in [0.3, 0.4) is 0 Å². The Bertz CT molecular complexity index is 1110. The Hall–Kier alpha value is -3.08. The minimum absolute atomic E-state index is 0.131. The predicted octanol–water partition coefficient (Wildman–Crippen LogP) is 6.44. The molecular formula is C29H32ClN3O. The van der Waals surface area contributed by atoms with Gasteiger partial charge in [-0.3, -0.25) is 9.69 Å². The van der Waals surface area contributed by atoms with Crippen molar-refractivity contribution in [3.8, 4) is 0 Å². The highest BCUT2D eigenvalue weighted by molar-refractivity contribution is 6.31. The molecule has 0 saturated carbocycles. The second-order valence-corrected chi connectivity index (χ2v) is 9.45. The first kappa shape index (κ1) is 24.1. The number of hydrogen-bond donors (Lipinski definition) is 1. The highest BCUT2D eigenvalue weighted by Gasteiger charge is 2.18. The lowest BCUT2D eigenvalue weighted by Crippen LogP contribution is -2.46. The fourth-order valence-corrected chi connectivity index (χ4v) is 4.33. The van der Waals surface area contributed by atoms with E-state index in [1.165, 1.54) is 16.8 Å². The third-order valence-corrected chi connectivity index (χ3v) is 6.62. The van der Waals surface area contributed by atoms with Crippen molar-refractivity contribution >= 4 is 35.0 Å². The van der Waals surface area contributed by atoms with E-state index in [-0.39, 0.29) is 5.91 Å². The first-order chi connectivity index (χ1) is 16.5. The third kappa shape index (κ3) is 6.49. The van der Waals surface area contributed by atoms with Crippen molar-refractivity contribution in [2.45, 2.75) is 26.3 Å². The molecule has 1 heterocycles. The molecule has 1 aliphatic heterocycles. The Morgan fingerprint density at radius 2 is 1.62 bits per heavy atom. The molecule has 0 aliphatic carbocycles. The average Bonchev–Trinajstić information content (AvgIpc) is 2.85. The van der Waals surface area contributed by atoms with Crippen LogP contribution in [0.15, 0.2) is 78.9 Å². The normalized spacial score (nSPS) is 14.6. The van der Waals surface area contributed by atoms with Crippen molar-refractivity contribution < 1.29 is 4.79 Å². The standard InChI is InChI=1S/C29H32ClN3O/c1-22(2)24-10-7-23(8-11-24)9-16-29(34)31-26-12-14-27(15-13-26)33-19-17-32(18-20-33)21-25-5-3-4-6-28(25)30/h3-16,22H,17-21H2,1-2H3,(H,31,34)/b16-9+. The molecule has 4 rings (SSSR count). The molecule has 3 aromatic rings. The highest BCUT2D eigenvalue weighted by atomic mass is 35.5. The molecule has 1 N–H and O–H groups in total. The SMILES string of the molecule is CC(C)c1ccc(/C=C/C(=O)Nc2ccc(N3CCN(Cc4ccccc4Cl)CC3)cc2)cc1. The lowest BCUT2D eigenvalue weighted by atomic mass is 10.0. The molecule has 0 bridgehead atoms. The number of anilines is 2. The van der Waals surface area contributed by atoms with Gasteiger partial charge in [0.2, 0.25) is 5.91 Å². The summed E-state index contributed by atoms with van der Waals surface area (Å²) in [7, 11) is 0. The van der Waals surface area contributed by atoms with E-state index in [2.05, 4.69) is 59.3 Å². The fraction of sp³-hybridized carbons (Fsp3) is 0.276. The van der Waals surface area contributed by atoms with Gasteiger partial charge in [0.05, 0.1) is 0 Å². The second kappa shape index (κ2) is 11.4. The summed E-state index contributed by atoms with van der Waals surface area (Å²) >= 11 is 6.31. The molecule has 0 unspecified atom stereocenters. The molecule has 3 aromatic carbocycles. The van der Waals surface area contributed by atoms with E-state index in [0.717, 1.165) is 49.0 Å². The molecule has 0 spiro atoms. The molecule has 1 amide bonds. The summed E-state index contributed by atoms with van der Waals surface area (Å²) in [5.74, 6) is 0.371. The Kier molecular flexibility index (Phi) is 8.04. The molecule has 34 heavy (non-hydrogen) atoms. The van der Waals surface area contributed by atoms with E-state index in [1.54, 1.807) is 6.08 Å². The zero-order chi connectivity index (χ0) is 23.9. The van der Waals surface area contributed by atoms with Crippen molar-refractivity contribution in [3.63, 3.8) is 0 Å². The van der Waals surface area contributed by atoms with Crippen LogP contribution >= 0.6 is 11.6 Å². The number of carbonyl (C=O) groups is 1. The number of benzene rings is 3. The largest absolute Gasteiger partial charge is 0.369 e. The zero-order valence-electron chi connectivity index (χ0n) is 19.9. The van der Waals surface area contributed by atoms with Gasteiger partial charge in [-0.25, -0.2) is 0 Å². The number of rotatable bonds is 7. The number of nitrogens with zero attached hydrogens (tertiary/aromatic N) is 2. The average molecular weight is 474 g/mol. The van der Waals surface area contributed by atoms with Crippen LogP contribution in [0.25, 0.3) is 6.08 Å². The molecule has 5 heteroatoms. The summed E-state index contributed by atoms with van der Waals surface area (Å²) in [5.41, 5.74) is 5.47. The Labute approximate surface area is 207 Å². The van der Waals surface area contributed by atoms with Gasteiger partial charge in [0.25, 0.3) is 0 Å². The number of amides is 1. The molecule has 1 saturated heterocycles. The van der Waals surface area contributed by atoms with Gasteiger partial charge in [-0.1, -0.05) is 67.9 Å². The Morgan fingerprint density at radius 1 is 0.941 bits per heavy atom. The van der Waals surface area contributed by atoms with Crippen molar-refractivity contribution in [1.29, 1.82) is 0 Å². The molecule has 0 atom stereocenters. The van der Waals surface area contributed by atoms with Gasteiger partial charge in [-0.15, -0.1) is 0 Å². The number of carbonyl (C=O) groups excluding carboxylic acids is 1. The molecule has 0 radical (unpaired) electrons. The maximum Gasteiger partial charge on any atom is 0.248 e. The summed E-state index contributed by atoms with van der Waals surface area (Å²) in [6, 6.07) is 24.5. The molecule has 176 valence electrons. The topological polar surface area (TPSA) is 35.6 Å². The number of hydrogen-bond acceptors (Lipinski definition) is 3. The summed E-state index contributed by atoms with van der Waals surface area (Å²) in [6.45, 7) is 9.15. The lowest BCUT2D eigenvalue weighted by molar-refractivity contribution is -0.111. The Morgan fingerprint density at radius 3 is 2.26 bits per heavy atom. The number of piperazine rings is 1. The van der Waals surface area contributed by atoms with Crippen LogP contribution in [-0.2, 0) is 11.3 Å². The van der Waals surface area contributed by atoms with E-state index in [0.29, 0.717) is 5.92 Å². The van der Waals surface area contributed by atoms with E-state index >= 15 is 0 Å². The minimum Gasteiger partial charge on any atom is -0.369 e. The van der Waals surface area contributed by atoms with Gasteiger partial charge >= 0.3 is 0 Å². The van der Waals surface area contributed by atoms with E-state index in [4.69, 9.17) is 11.6 Å². The van der Waals surface area contributed by atoms with Crippen LogP contribution in [0.5, 0.6) is 0 Å². The minimum atomic E-state index is -0.131. The van der Waals surface area contributed by atoms with Crippen LogP contribution in [0.4, 0.5) is 11.4 Å². The number of nitrogens with one attached hydrogen (secondary N) is 1. The van der Waals surface area contributed by atoms with Crippen LogP contribution in [0.1, 0.15) is 36.5 Å². The summed E-state index contributed by atoms with van der Waals surface area (Å²) in [4.78, 5) is 17.2. The third-order valence-electron chi connectivity index (χ3n) is 6.25. The van der Waals surface area contributed by atoms with Crippen molar-refractivity contribution in [2.75, 3.05) is 36.4 Å². The van der Waals surface area contributed by atoms with Crippen LogP contribution in [-0.4, -0.2) is 37.0 Å². The summed E-state index contributed by atoms with van der Waals surface area (Å²) in [6.07, 6.45) is 3.42.